The number of aliphatic hydroxyl groups is 1. The van der Waals surface area contributed by atoms with Gasteiger partial charge in [-0.25, -0.2) is 4.79 Å². The second-order valence-electron chi connectivity index (χ2n) is 8.68. The van der Waals surface area contributed by atoms with Gasteiger partial charge in [0, 0.05) is 23.5 Å². The maximum absolute atomic E-state index is 13.6. The predicted molar refractivity (Wildman–Crippen MR) is 131 cm³/mol. The minimum absolute atomic E-state index is 0.115. The third-order valence-electron chi connectivity index (χ3n) is 6.26. The van der Waals surface area contributed by atoms with Crippen molar-refractivity contribution in [3.8, 4) is 11.5 Å². The minimum Gasteiger partial charge on any atom is -0.464 e. The van der Waals surface area contributed by atoms with E-state index >= 15 is 0 Å². The summed E-state index contributed by atoms with van der Waals surface area (Å²) in [6.45, 7) is 4.07. The van der Waals surface area contributed by atoms with Gasteiger partial charge in [0.2, 0.25) is 12.7 Å². The van der Waals surface area contributed by atoms with Crippen LogP contribution in [0.1, 0.15) is 50.2 Å². The van der Waals surface area contributed by atoms with Gasteiger partial charge in [-0.2, -0.15) is 0 Å². The Morgan fingerprint density at radius 1 is 1.14 bits per heavy atom. The molecular weight excluding hydrogens is 448 g/mol. The summed E-state index contributed by atoms with van der Waals surface area (Å²) in [5.41, 5.74) is 2.44. The number of H-pyrrole nitrogens is 1. The van der Waals surface area contributed by atoms with Crippen molar-refractivity contribution in [3.05, 3.63) is 59.8 Å². The third-order valence-corrected chi connectivity index (χ3v) is 6.26. The van der Waals surface area contributed by atoms with Crippen molar-refractivity contribution in [2.75, 3.05) is 13.4 Å². The van der Waals surface area contributed by atoms with Crippen LogP contribution in [0.5, 0.6) is 11.5 Å². The zero-order valence-electron chi connectivity index (χ0n) is 20.1. The molecule has 2 heterocycles. The summed E-state index contributed by atoms with van der Waals surface area (Å²) in [5.74, 6) is -0.705. The molecule has 4 rings (SSSR count). The highest BCUT2D eigenvalue weighted by molar-refractivity contribution is 5.90. The first-order chi connectivity index (χ1) is 17.0. The van der Waals surface area contributed by atoms with E-state index in [-0.39, 0.29) is 19.8 Å². The number of aromatic nitrogens is 1. The molecule has 1 aromatic heterocycles. The Bertz CT molecular complexity index is 1170. The Labute approximate surface area is 204 Å². The number of nitrogens with one attached hydrogen (secondary N) is 2. The standard InChI is InChI=1S/C27H32N2O6/c1-3-5-10-22(30)25(17-11-12-23-24(14-17)35-16-34-23)26(31)29-21(27(32)33-4-2)13-18-15-28-20-9-7-6-8-19(18)20/h6-9,11-12,14-15,21-22,25,28,30H,3-5,10,13,16H2,1-2H3,(H,29,31)/t21-,22+,25+/m0/s1. The fraction of sp³-hybridized carbons (Fsp3) is 0.407. The molecule has 2 aromatic carbocycles. The average Bonchev–Trinajstić information content (AvgIpc) is 3.49. The number of amides is 1. The normalized spacial score (nSPS) is 14.9. The Balaban J connectivity index is 1.60. The first-order valence-electron chi connectivity index (χ1n) is 12.1. The van der Waals surface area contributed by atoms with E-state index in [1.54, 1.807) is 25.1 Å². The summed E-state index contributed by atoms with van der Waals surface area (Å²) in [6.07, 6.45) is 3.29. The Morgan fingerprint density at radius 3 is 2.74 bits per heavy atom. The van der Waals surface area contributed by atoms with E-state index in [1.807, 2.05) is 37.4 Å². The van der Waals surface area contributed by atoms with Gasteiger partial charge in [-0.1, -0.05) is 44.0 Å². The van der Waals surface area contributed by atoms with Crippen molar-refractivity contribution in [1.82, 2.24) is 10.3 Å². The molecule has 0 bridgehead atoms. The molecule has 3 atom stereocenters. The van der Waals surface area contributed by atoms with E-state index < -0.39 is 29.9 Å². The van der Waals surface area contributed by atoms with E-state index in [0.29, 0.717) is 23.5 Å². The van der Waals surface area contributed by atoms with Crippen LogP contribution >= 0.6 is 0 Å². The van der Waals surface area contributed by atoms with Crippen molar-refractivity contribution >= 4 is 22.8 Å². The highest BCUT2D eigenvalue weighted by atomic mass is 16.7. The number of hydrogen-bond acceptors (Lipinski definition) is 6. The van der Waals surface area contributed by atoms with Crippen LogP contribution in [0.25, 0.3) is 10.9 Å². The predicted octanol–water partition coefficient (Wildman–Crippen LogP) is 3.82. The molecule has 35 heavy (non-hydrogen) atoms. The van der Waals surface area contributed by atoms with E-state index in [4.69, 9.17) is 14.2 Å². The van der Waals surface area contributed by atoms with Crippen molar-refractivity contribution < 1.29 is 28.9 Å². The van der Waals surface area contributed by atoms with Gasteiger partial charge < -0.3 is 29.6 Å². The van der Waals surface area contributed by atoms with E-state index in [2.05, 4.69) is 10.3 Å². The van der Waals surface area contributed by atoms with Crippen LogP contribution in [0.4, 0.5) is 0 Å². The summed E-state index contributed by atoms with van der Waals surface area (Å²) >= 11 is 0. The SMILES string of the molecule is CCCC[C@@H](O)[C@H](C(=O)N[C@@H](Cc1c[nH]c2ccccc12)C(=O)OCC)c1ccc2c(c1)OCO2. The zero-order valence-corrected chi connectivity index (χ0v) is 20.1. The molecule has 0 radical (unpaired) electrons. The van der Waals surface area contributed by atoms with Gasteiger partial charge in [0.1, 0.15) is 6.04 Å². The first kappa shape index (κ1) is 24.6. The van der Waals surface area contributed by atoms with Crippen LogP contribution in [0.2, 0.25) is 0 Å². The van der Waals surface area contributed by atoms with E-state index in [1.165, 1.54) is 0 Å². The lowest BCUT2D eigenvalue weighted by molar-refractivity contribution is -0.147. The van der Waals surface area contributed by atoms with Crippen molar-refractivity contribution in [3.63, 3.8) is 0 Å². The smallest absolute Gasteiger partial charge is 0.328 e. The molecule has 1 aliphatic heterocycles. The minimum atomic E-state index is -0.925. The number of hydrogen-bond donors (Lipinski definition) is 3. The number of rotatable bonds is 11. The van der Waals surface area contributed by atoms with E-state index in [0.717, 1.165) is 29.3 Å². The average molecular weight is 481 g/mol. The van der Waals surface area contributed by atoms with Crippen LogP contribution in [0.15, 0.2) is 48.7 Å². The summed E-state index contributed by atoms with van der Waals surface area (Å²) in [7, 11) is 0. The van der Waals surface area contributed by atoms with Crippen LogP contribution in [0, 0.1) is 0 Å². The van der Waals surface area contributed by atoms with Gasteiger partial charge in [0.25, 0.3) is 0 Å². The zero-order chi connectivity index (χ0) is 24.8. The van der Waals surface area contributed by atoms with Gasteiger partial charge in [-0.05, 0) is 42.7 Å². The Morgan fingerprint density at radius 2 is 1.94 bits per heavy atom. The Hall–Kier alpha value is -3.52. The molecule has 0 unspecified atom stereocenters. The molecule has 1 aliphatic rings. The van der Waals surface area contributed by atoms with Crippen LogP contribution in [-0.4, -0.2) is 47.5 Å². The number of unbranched alkanes of at least 4 members (excludes halogenated alkanes) is 1. The van der Waals surface area contributed by atoms with Gasteiger partial charge in [0.15, 0.2) is 11.5 Å². The number of fused-ring (bicyclic) bond motifs is 2. The van der Waals surface area contributed by atoms with Crippen molar-refractivity contribution in [2.45, 2.75) is 57.6 Å². The number of benzene rings is 2. The van der Waals surface area contributed by atoms with Crippen LogP contribution in [0.3, 0.4) is 0 Å². The molecular formula is C27H32N2O6. The molecule has 0 fully saturated rings. The lowest BCUT2D eigenvalue weighted by atomic mass is 9.89. The molecule has 0 spiro atoms. The fourth-order valence-corrected chi connectivity index (χ4v) is 4.45. The first-order valence-corrected chi connectivity index (χ1v) is 12.1. The summed E-state index contributed by atoms with van der Waals surface area (Å²) < 4.78 is 16.1. The van der Waals surface area contributed by atoms with Crippen LogP contribution in [-0.2, 0) is 20.7 Å². The summed E-state index contributed by atoms with van der Waals surface area (Å²) in [5, 5.41) is 14.9. The number of aliphatic hydroxyl groups excluding tert-OH is 1. The van der Waals surface area contributed by atoms with Gasteiger partial charge in [-0.15, -0.1) is 0 Å². The van der Waals surface area contributed by atoms with E-state index in [9.17, 15) is 14.7 Å². The van der Waals surface area contributed by atoms with Gasteiger partial charge >= 0.3 is 5.97 Å². The quantitative estimate of drug-likeness (QED) is 0.360. The number of para-hydroxylation sites is 1. The molecule has 0 aliphatic carbocycles. The summed E-state index contributed by atoms with van der Waals surface area (Å²) in [6, 6.07) is 12.1. The molecule has 3 aromatic rings. The van der Waals surface area contributed by atoms with Crippen LogP contribution < -0.4 is 14.8 Å². The number of ether oxygens (including phenoxy) is 3. The molecule has 3 N–H and O–H groups in total. The summed E-state index contributed by atoms with van der Waals surface area (Å²) in [4.78, 5) is 29.7. The number of esters is 1. The largest absolute Gasteiger partial charge is 0.464 e. The molecule has 0 saturated heterocycles. The lowest BCUT2D eigenvalue weighted by Gasteiger charge is -2.25. The second-order valence-corrected chi connectivity index (χ2v) is 8.68. The molecule has 186 valence electrons. The third kappa shape index (κ3) is 5.59. The number of aromatic amines is 1. The number of carbonyl (C=O) groups is 2. The maximum atomic E-state index is 13.6. The van der Waals surface area contributed by atoms with Gasteiger partial charge in [0.05, 0.1) is 18.6 Å². The maximum Gasteiger partial charge on any atom is 0.328 e. The molecule has 1 amide bonds. The fourth-order valence-electron chi connectivity index (χ4n) is 4.45. The van der Waals surface area contributed by atoms with Crippen molar-refractivity contribution in [1.29, 1.82) is 0 Å². The topological polar surface area (TPSA) is 110 Å². The monoisotopic (exact) mass is 480 g/mol. The Kier molecular flexibility index (Phi) is 7.92. The van der Waals surface area contributed by atoms with Gasteiger partial charge in [-0.3, -0.25) is 4.79 Å². The lowest BCUT2D eigenvalue weighted by Crippen LogP contribution is -2.47. The molecule has 0 saturated carbocycles. The molecule has 8 heteroatoms. The number of carbonyl (C=O) groups excluding carboxylic acids is 2. The second kappa shape index (κ2) is 11.3. The highest BCUT2D eigenvalue weighted by Crippen LogP contribution is 2.36. The molecule has 8 nitrogen and oxygen atoms in total. The highest BCUT2D eigenvalue weighted by Gasteiger charge is 2.33. The van der Waals surface area contributed by atoms with Crippen molar-refractivity contribution in [2.24, 2.45) is 0 Å².